The fourth-order valence-corrected chi connectivity index (χ4v) is 3.07. The average Bonchev–Trinajstić information content (AvgIpc) is 3.12. The van der Waals surface area contributed by atoms with Gasteiger partial charge < -0.3 is 9.64 Å². The van der Waals surface area contributed by atoms with E-state index in [9.17, 15) is 8.78 Å². The Morgan fingerprint density at radius 3 is 2.16 bits per heavy atom. The molecule has 0 atom stereocenters. The molecule has 0 amide bonds. The largest absolute Gasteiger partial charge is 0.378 e. The minimum atomic E-state index is -0.605. The molecule has 3 aromatic rings. The Morgan fingerprint density at radius 1 is 0.840 bits per heavy atom. The van der Waals surface area contributed by atoms with Crippen molar-refractivity contribution in [3.63, 3.8) is 0 Å². The summed E-state index contributed by atoms with van der Waals surface area (Å²) in [6.07, 6.45) is 1.54. The molecule has 128 valence electrons. The highest BCUT2D eigenvalue weighted by Gasteiger charge is 2.17. The smallest absolute Gasteiger partial charge is 0.135 e. The lowest BCUT2D eigenvalue weighted by molar-refractivity contribution is 0.122. The molecule has 2 heterocycles. The first-order valence-corrected chi connectivity index (χ1v) is 8.15. The normalized spacial score (nSPS) is 14.7. The van der Waals surface area contributed by atoms with Gasteiger partial charge >= 0.3 is 0 Å². The summed E-state index contributed by atoms with van der Waals surface area (Å²) in [6, 6.07) is 13.2. The van der Waals surface area contributed by atoms with Crippen LogP contribution in [0.2, 0.25) is 0 Å². The fourth-order valence-electron chi connectivity index (χ4n) is 3.07. The van der Waals surface area contributed by atoms with Gasteiger partial charge in [0, 0.05) is 18.8 Å². The van der Waals surface area contributed by atoms with Crippen molar-refractivity contribution in [1.82, 2.24) is 9.78 Å². The van der Waals surface area contributed by atoms with Gasteiger partial charge in [-0.05, 0) is 42.5 Å². The summed E-state index contributed by atoms with van der Waals surface area (Å²) in [6.45, 7) is 3.15. The van der Waals surface area contributed by atoms with Crippen molar-refractivity contribution in [2.75, 3.05) is 31.2 Å². The molecular formula is C19H17F2N3O. The van der Waals surface area contributed by atoms with Gasteiger partial charge in [-0.25, -0.2) is 13.5 Å². The molecule has 1 aliphatic heterocycles. The highest BCUT2D eigenvalue weighted by atomic mass is 19.1. The summed E-state index contributed by atoms with van der Waals surface area (Å²) in [5.74, 6) is -1.21. The molecule has 0 radical (unpaired) electrons. The van der Waals surface area contributed by atoms with E-state index in [1.165, 1.54) is 24.4 Å². The molecule has 0 unspecified atom stereocenters. The third kappa shape index (κ3) is 3.00. The molecule has 1 saturated heterocycles. The van der Waals surface area contributed by atoms with Gasteiger partial charge in [0.1, 0.15) is 11.6 Å². The van der Waals surface area contributed by atoms with Gasteiger partial charge in [0.25, 0.3) is 0 Å². The van der Waals surface area contributed by atoms with Crippen LogP contribution in [-0.4, -0.2) is 36.1 Å². The Labute approximate surface area is 144 Å². The van der Waals surface area contributed by atoms with Gasteiger partial charge in [0.05, 0.1) is 36.4 Å². The van der Waals surface area contributed by atoms with E-state index in [4.69, 9.17) is 4.74 Å². The van der Waals surface area contributed by atoms with Crippen LogP contribution in [0, 0.1) is 11.6 Å². The first-order valence-electron chi connectivity index (χ1n) is 8.15. The predicted molar refractivity (Wildman–Crippen MR) is 91.9 cm³/mol. The number of hydrogen-bond donors (Lipinski definition) is 0. The van der Waals surface area contributed by atoms with Crippen molar-refractivity contribution in [3.05, 3.63) is 66.4 Å². The van der Waals surface area contributed by atoms with E-state index >= 15 is 0 Å². The van der Waals surface area contributed by atoms with Gasteiger partial charge in [0.2, 0.25) is 0 Å². The van der Waals surface area contributed by atoms with E-state index in [1.54, 1.807) is 10.7 Å². The van der Waals surface area contributed by atoms with Crippen LogP contribution >= 0.6 is 0 Å². The van der Waals surface area contributed by atoms with Crippen LogP contribution in [-0.2, 0) is 4.74 Å². The topological polar surface area (TPSA) is 30.3 Å². The fraction of sp³-hybridized carbons (Fsp3) is 0.211. The van der Waals surface area contributed by atoms with Crippen LogP contribution < -0.4 is 4.90 Å². The number of anilines is 1. The molecule has 0 spiro atoms. The minimum Gasteiger partial charge on any atom is -0.378 e. The molecule has 1 aromatic heterocycles. The number of morpholine rings is 1. The molecule has 1 fully saturated rings. The highest BCUT2D eigenvalue weighted by molar-refractivity contribution is 5.64. The number of halogens is 2. The number of hydrogen-bond acceptors (Lipinski definition) is 3. The molecule has 0 saturated carbocycles. The lowest BCUT2D eigenvalue weighted by Gasteiger charge is -2.28. The Morgan fingerprint density at radius 2 is 1.48 bits per heavy atom. The van der Waals surface area contributed by atoms with Crippen molar-refractivity contribution in [1.29, 1.82) is 0 Å². The van der Waals surface area contributed by atoms with Gasteiger partial charge in [-0.1, -0.05) is 6.07 Å². The molecule has 6 heteroatoms. The van der Waals surface area contributed by atoms with Crippen molar-refractivity contribution in [2.45, 2.75) is 0 Å². The van der Waals surface area contributed by atoms with E-state index < -0.39 is 11.6 Å². The standard InChI is InChI=1S/C19H17F2N3O/c20-16-2-1-3-17(21)19(16)18-8-9-22-24(18)15-6-4-14(5-7-15)23-10-12-25-13-11-23/h1-9H,10-13H2. The number of ether oxygens (including phenoxy) is 1. The number of benzene rings is 2. The Balaban J connectivity index is 1.68. The van der Waals surface area contributed by atoms with Crippen LogP contribution in [0.15, 0.2) is 54.7 Å². The molecular weight excluding hydrogens is 324 g/mol. The summed E-state index contributed by atoms with van der Waals surface area (Å²) in [4.78, 5) is 2.24. The molecule has 2 aromatic carbocycles. The van der Waals surface area contributed by atoms with Crippen LogP contribution in [0.1, 0.15) is 0 Å². The predicted octanol–water partition coefficient (Wildman–Crippen LogP) is 3.65. The van der Waals surface area contributed by atoms with Crippen LogP contribution in [0.5, 0.6) is 0 Å². The first kappa shape index (κ1) is 15.8. The lowest BCUT2D eigenvalue weighted by atomic mass is 10.1. The van der Waals surface area contributed by atoms with Gasteiger partial charge in [-0.2, -0.15) is 5.10 Å². The van der Waals surface area contributed by atoms with Crippen LogP contribution in [0.4, 0.5) is 14.5 Å². The lowest BCUT2D eigenvalue weighted by Crippen LogP contribution is -2.36. The second kappa shape index (κ2) is 6.64. The summed E-state index contributed by atoms with van der Waals surface area (Å²) < 4.78 is 35.1. The maximum atomic E-state index is 14.1. The van der Waals surface area contributed by atoms with Crippen LogP contribution in [0.25, 0.3) is 16.9 Å². The van der Waals surface area contributed by atoms with Crippen molar-refractivity contribution < 1.29 is 13.5 Å². The monoisotopic (exact) mass is 341 g/mol. The van der Waals surface area contributed by atoms with Crippen molar-refractivity contribution >= 4 is 5.69 Å². The van der Waals surface area contributed by atoms with Crippen molar-refractivity contribution in [3.8, 4) is 16.9 Å². The van der Waals surface area contributed by atoms with Crippen molar-refractivity contribution in [2.24, 2.45) is 0 Å². The zero-order chi connectivity index (χ0) is 17.2. The van der Waals surface area contributed by atoms with E-state index in [1.807, 2.05) is 24.3 Å². The van der Waals surface area contributed by atoms with Crippen LogP contribution in [0.3, 0.4) is 0 Å². The zero-order valence-electron chi connectivity index (χ0n) is 13.5. The van der Waals surface area contributed by atoms with E-state index in [0.29, 0.717) is 5.69 Å². The number of nitrogens with zero attached hydrogens (tertiary/aromatic N) is 3. The number of aromatic nitrogens is 2. The summed E-state index contributed by atoms with van der Waals surface area (Å²) in [5, 5.41) is 4.24. The average molecular weight is 341 g/mol. The molecule has 0 N–H and O–H groups in total. The molecule has 4 nitrogen and oxygen atoms in total. The molecule has 4 rings (SSSR count). The quantitative estimate of drug-likeness (QED) is 0.728. The summed E-state index contributed by atoms with van der Waals surface area (Å²) in [5.41, 5.74) is 2.16. The second-order valence-corrected chi connectivity index (χ2v) is 5.84. The third-order valence-electron chi connectivity index (χ3n) is 4.33. The Hall–Kier alpha value is -2.73. The summed E-state index contributed by atoms with van der Waals surface area (Å²) >= 11 is 0. The van der Waals surface area contributed by atoms with Gasteiger partial charge in [-0.3, -0.25) is 0 Å². The van der Waals surface area contributed by atoms with E-state index in [-0.39, 0.29) is 5.56 Å². The second-order valence-electron chi connectivity index (χ2n) is 5.84. The van der Waals surface area contributed by atoms with E-state index in [0.717, 1.165) is 37.7 Å². The SMILES string of the molecule is Fc1cccc(F)c1-c1ccnn1-c1ccc(N2CCOCC2)cc1. The number of rotatable bonds is 3. The Kier molecular flexibility index (Phi) is 4.19. The molecule has 0 bridgehead atoms. The van der Waals surface area contributed by atoms with Gasteiger partial charge in [-0.15, -0.1) is 0 Å². The summed E-state index contributed by atoms with van der Waals surface area (Å²) in [7, 11) is 0. The first-order chi connectivity index (χ1) is 12.2. The Bertz CT molecular complexity index is 850. The van der Waals surface area contributed by atoms with Gasteiger partial charge in [0.15, 0.2) is 0 Å². The molecule has 1 aliphatic rings. The highest BCUT2D eigenvalue weighted by Crippen LogP contribution is 2.28. The minimum absolute atomic E-state index is 0.0720. The maximum Gasteiger partial charge on any atom is 0.135 e. The zero-order valence-corrected chi connectivity index (χ0v) is 13.5. The van der Waals surface area contributed by atoms with E-state index in [2.05, 4.69) is 10.00 Å². The maximum absolute atomic E-state index is 14.1. The molecule has 0 aliphatic carbocycles. The third-order valence-corrected chi connectivity index (χ3v) is 4.33. The molecule has 25 heavy (non-hydrogen) atoms.